The molecule has 2 unspecified atom stereocenters. The zero-order chi connectivity index (χ0) is 17.9. The van der Waals surface area contributed by atoms with Crippen molar-refractivity contribution >= 4 is 16.0 Å². The van der Waals surface area contributed by atoms with E-state index in [1.807, 2.05) is 6.07 Å². The van der Waals surface area contributed by atoms with Crippen LogP contribution in [0.4, 0.5) is 0 Å². The van der Waals surface area contributed by atoms with Crippen molar-refractivity contribution in [2.45, 2.75) is 37.1 Å². The van der Waals surface area contributed by atoms with E-state index in [0.717, 1.165) is 31.3 Å². The average molecular weight is 365 g/mol. The molecule has 1 saturated heterocycles. The van der Waals surface area contributed by atoms with Crippen LogP contribution in [-0.4, -0.2) is 51.4 Å². The van der Waals surface area contributed by atoms with Gasteiger partial charge in [-0.1, -0.05) is 25.1 Å². The highest BCUT2D eigenvalue weighted by Crippen LogP contribution is 2.28. The van der Waals surface area contributed by atoms with Crippen LogP contribution in [0.3, 0.4) is 0 Å². The quantitative estimate of drug-likeness (QED) is 0.616. The summed E-state index contributed by atoms with van der Waals surface area (Å²) in [6, 6.07) is 9.24. The van der Waals surface area contributed by atoms with Crippen molar-refractivity contribution in [1.82, 2.24) is 14.9 Å². The van der Waals surface area contributed by atoms with Crippen LogP contribution in [0.15, 0.2) is 40.2 Å². The second-order valence-electron chi connectivity index (χ2n) is 7.08. The Labute approximate surface area is 150 Å². The predicted molar refractivity (Wildman–Crippen MR) is 100.0 cm³/mol. The van der Waals surface area contributed by atoms with Crippen LogP contribution in [0.5, 0.6) is 0 Å². The molecule has 2 aliphatic rings. The normalized spacial score (nSPS) is 25.6. The molecule has 2 atom stereocenters. The Bertz CT molecular complexity index is 697. The van der Waals surface area contributed by atoms with Gasteiger partial charge in [0.1, 0.15) is 0 Å². The van der Waals surface area contributed by atoms with Crippen molar-refractivity contribution < 1.29 is 8.42 Å². The Kier molecular flexibility index (Phi) is 5.64. The van der Waals surface area contributed by atoms with Gasteiger partial charge in [0.15, 0.2) is 5.96 Å². The molecule has 1 heterocycles. The van der Waals surface area contributed by atoms with Crippen LogP contribution in [0.1, 0.15) is 26.2 Å². The molecule has 1 saturated carbocycles. The molecule has 1 aromatic carbocycles. The highest BCUT2D eigenvalue weighted by atomic mass is 32.2. The molecule has 138 valence electrons. The first-order valence-electron chi connectivity index (χ1n) is 9.03. The SMILES string of the molecule is CN=C(NCC1CCN(S(=O)(=O)c2ccccc2)CC1)NC1CC1C. The van der Waals surface area contributed by atoms with Gasteiger partial charge in [-0.2, -0.15) is 4.31 Å². The Morgan fingerprint density at radius 2 is 1.88 bits per heavy atom. The van der Waals surface area contributed by atoms with Gasteiger partial charge in [0.2, 0.25) is 10.0 Å². The number of nitrogens with zero attached hydrogens (tertiary/aromatic N) is 2. The predicted octanol–water partition coefficient (Wildman–Crippen LogP) is 1.66. The molecule has 0 bridgehead atoms. The molecule has 7 heteroatoms. The van der Waals surface area contributed by atoms with Gasteiger partial charge in [0.05, 0.1) is 4.90 Å². The Morgan fingerprint density at radius 1 is 1.24 bits per heavy atom. The molecule has 0 amide bonds. The number of guanidine groups is 1. The molecule has 25 heavy (non-hydrogen) atoms. The van der Waals surface area contributed by atoms with Crippen molar-refractivity contribution in [1.29, 1.82) is 0 Å². The van der Waals surface area contributed by atoms with Crippen LogP contribution in [-0.2, 0) is 10.0 Å². The number of aliphatic imine (C=N–C) groups is 1. The second kappa shape index (κ2) is 7.74. The number of hydrogen-bond donors (Lipinski definition) is 2. The summed E-state index contributed by atoms with van der Waals surface area (Å²) in [5.41, 5.74) is 0. The number of sulfonamides is 1. The summed E-state index contributed by atoms with van der Waals surface area (Å²) in [6.07, 6.45) is 2.95. The molecule has 3 rings (SSSR count). The van der Waals surface area contributed by atoms with Crippen LogP contribution < -0.4 is 10.6 Å². The molecule has 0 radical (unpaired) electrons. The van der Waals surface area contributed by atoms with Crippen LogP contribution >= 0.6 is 0 Å². The summed E-state index contributed by atoms with van der Waals surface area (Å²) in [5.74, 6) is 2.05. The van der Waals surface area contributed by atoms with Gasteiger partial charge in [0.25, 0.3) is 0 Å². The summed E-state index contributed by atoms with van der Waals surface area (Å²) in [7, 11) is -1.57. The number of nitrogens with one attached hydrogen (secondary N) is 2. The van der Waals surface area contributed by atoms with Gasteiger partial charge < -0.3 is 10.6 Å². The standard InChI is InChI=1S/C18H28N4O2S/c1-14-12-17(14)21-18(19-2)20-13-15-8-10-22(11-9-15)25(23,24)16-6-4-3-5-7-16/h3-7,14-15,17H,8-13H2,1-2H3,(H2,19,20,21). The lowest BCUT2D eigenvalue weighted by Gasteiger charge is -2.31. The van der Waals surface area contributed by atoms with Crippen molar-refractivity contribution in [3.05, 3.63) is 30.3 Å². The number of rotatable bonds is 5. The van der Waals surface area contributed by atoms with E-state index in [0.29, 0.717) is 29.9 Å². The first kappa shape index (κ1) is 18.2. The van der Waals surface area contributed by atoms with Gasteiger partial charge in [-0.3, -0.25) is 4.99 Å². The number of benzene rings is 1. The maximum absolute atomic E-state index is 12.6. The van der Waals surface area contributed by atoms with E-state index < -0.39 is 10.0 Å². The van der Waals surface area contributed by atoms with E-state index >= 15 is 0 Å². The summed E-state index contributed by atoms with van der Waals surface area (Å²) in [6.45, 7) is 4.22. The van der Waals surface area contributed by atoms with Gasteiger partial charge in [-0.05, 0) is 43.2 Å². The minimum atomic E-state index is -3.36. The molecule has 1 aliphatic carbocycles. The van der Waals surface area contributed by atoms with E-state index in [9.17, 15) is 8.42 Å². The van der Waals surface area contributed by atoms with Gasteiger partial charge in [0, 0.05) is 32.7 Å². The highest BCUT2D eigenvalue weighted by Gasteiger charge is 2.33. The Hall–Kier alpha value is -1.60. The maximum atomic E-state index is 12.6. The zero-order valence-electron chi connectivity index (χ0n) is 15.0. The van der Waals surface area contributed by atoms with Crippen molar-refractivity contribution in [2.75, 3.05) is 26.7 Å². The third kappa shape index (κ3) is 4.52. The van der Waals surface area contributed by atoms with Crippen LogP contribution in [0.25, 0.3) is 0 Å². The molecule has 1 aliphatic heterocycles. The minimum absolute atomic E-state index is 0.384. The van der Waals surface area contributed by atoms with Gasteiger partial charge in [-0.25, -0.2) is 8.42 Å². The summed E-state index contributed by atoms with van der Waals surface area (Å²) < 4.78 is 26.9. The van der Waals surface area contributed by atoms with Crippen molar-refractivity contribution in [2.24, 2.45) is 16.8 Å². The first-order valence-corrected chi connectivity index (χ1v) is 10.5. The Balaban J connectivity index is 1.47. The largest absolute Gasteiger partial charge is 0.356 e. The summed E-state index contributed by atoms with van der Waals surface area (Å²) in [5, 5.41) is 6.80. The molecule has 0 aromatic heterocycles. The van der Waals surface area contributed by atoms with E-state index in [-0.39, 0.29) is 0 Å². The average Bonchev–Trinajstić information content (AvgIpc) is 3.34. The van der Waals surface area contributed by atoms with E-state index in [2.05, 4.69) is 22.5 Å². The van der Waals surface area contributed by atoms with Crippen LogP contribution in [0, 0.1) is 11.8 Å². The lowest BCUT2D eigenvalue weighted by atomic mass is 9.98. The Morgan fingerprint density at radius 3 is 2.44 bits per heavy atom. The smallest absolute Gasteiger partial charge is 0.243 e. The summed E-state index contributed by atoms with van der Waals surface area (Å²) in [4.78, 5) is 4.65. The van der Waals surface area contributed by atoms with Crippen LogP contribution in [0.2, 0.25) is 0 Å². The molecular weight excluding hydrogens is 336 g/mol. The molecule has 1 aromatic rings. The van der Waals surface area contributed by atoms with E-state index in [4.69, 9.17) is 0 Å². The molecular formula is C18H28N4O2S. The summed E-state index contributed by atoms with van der Waals surface area (Å²) >= 11 is 0. The maximum Gasteiger partial charge on any atom is 0.243 e. The number of hydrogen-bond acceptors (Lipinski definition) is 3. The minimum Gasteiger partial charge on any atom is -0.356 e. The van der Waals surface area contributed by atoms with Crippen molar-refractivity contribution in [3.8, 4) is 0 Å². The topological polar surface area (TPSA) is 73.8 Å². The first-order chi connectivity index (χ1) is 12.0. The molecule has 6 nitrogen and oxygen atoms in total. The fourth-order valence-electron chi connectivity index (χ4n) is 3.23. The zero-order valence-corrected chi connectivity index (χ0v) is 15.8. The molecule has 2 fully saturated rings. The van der Waals surface area contributed by atoms with Crippen molar-refractivity contribution in [3.63, 3.8) is 0 Å². The fraction of sp³-hybridized carbons (Fsp3) is 0.611. The monoisotopic (exact) mass is 364 g/mol. The van der Waals surface area contributed by atoms with Gasteiger partial charge in [-0.15, -0.1) is 0 Å². The third-order valence-corrected chi connectivity index (χ3v) is 7.08. The van der Waals surface area contributed by atoms with E-state index in [1.54, 1.807) is 35.6 Å². The fourth-order valence-corrected chi connectivity index (χ4v) is 4.72. The number of piperidine rings is 1. The molecule has 2 N–H and O–H groups in total. The highest BCUT2D eigenvalue weighted by molar-refractivity contribution is 7.89. The van der Waals surface area contributed by atoms with Gasteiger partial charge >= 0.3 is 0 Å². The third-order valence-electron chi connectivity index (χ3n) is 5.17. The second-order valence-corrected chi connectivity index (χ2v) is 9.02. The molecule has 0 spiro atoms. The lowest BCUT2D eigenvalue weighted by Crippen LogP contribution is -2.44. The lowest BCUT2D eigenvalue weighted by molar-refractivity contribution is 0.273. The van der Waals surface area contributed by atoms with E-state index in [1.165, 1.54) is 6.42 Å².